The summed E-state index contributed by atoms with van der Waals surface area (Å²) >= 11 is 0. The molecule has 0 spiro atoms. The summed E-state index contributed by atoms with van der Waals surface area (Å²) in [6.07, 6.45) is 1.66. The normalized spacial score (nSPS) is 9.50. The Labute approximate surface area is 70.7 Å². The third-order valence-corrected chi connectivity index (χ3v) is 1.63. The first-order chi connectivity index (χ1) is 5.66. The topological polar surface area (TPSA) is 57.8 Å². The summed E-state index contributed by atoms with van der Waals surface area (Å²) in [5, 5.41) is 9.00. The van der Waals surface area contributed by atoms with E-state index in [1.807, 2.05) is 6.92 Å². The van der Waals surface area contributed by atoms with Gasteiger partial charge < -0.3 is 5.32 Å². The maximum Gasteiger partial charge on any atom is 0.252 e. The lowest BCUT2D eigenvalue weighted by atomic mass is 10.1. The van der Waals surface area contributed by atoms with Crippen molar-refractivity contribution in [3.8, 4) is 0 Å². The van der Waals surface area contributed by atoms with Crippen molar-refractivity contribution in [3.05, 3.63) is 24.0 Å². The lowest BCUT2D eigenvalue weighted by molar-refractivity contribution is -0.115. The van der Waals surface area contributed by atoms with Crippen LogP contribution in [0, 0.1) is 6.92 Å². The van der Waals surface area contributed by atoms with Gasteiger partial charge in [0.05, 0.1) is 17.5 Å². The quantitative estimate of drug-likeness (QED) is 0.626. The molecule has 0 atom stereocenters. The molecular formula is C8H11N3O. The van der Waals surface area contributed by atoms with Crippen LogP contribution in [0.3, 0.4) is 0 Å². The van der Waals surface area contributed by atoms with Gasteiger partial charge in [0.15, 0.2) is 0 Å². The third kappa shape index (κ3) is 1.37. The first-order valence-electron chi connectivity index (χ1n) is 3.58. The Kier molecular flexibility index (Phi) is 2.28. The Morgan fingerprint density at radius 1 is 1.75 bits per heavy atom. The van der Waals surface area contributed by atoms with Crippen molar-refractivity contribution in [1.29, 1.82) is 0 Å². The van der Waals surface area contributed by atoms with Crippen molar-refractivity contribution in [2.45, 2.75) is 6.92 Å². The van der Waals surface area contributed by atoms with Gasteiger partial charge in [0.25, 0.3) is 5.91 Å². The molecular weight excluding hydrogens is 154 g/mol. The first kappa shape index (κ1) is 8.52. The van der Waals surface area contributed by atoms with Gasteiger partial charge in [0.1, 0.15) is 0 Å². The molecule has 0 fully saturated rings. The second-order valence-corrected chi connectivity index (χ2v) is 2.49. The molecule has 1 rings (SSSR count). The van der Waals surface area contributed by atoms with Gasteiger partial charge in [0.2, 0.25) is 0 Å². The minimum atomic E-state index is -0.192. The summed E-state index contributed by atoms with van der Waals surface area (Å²) in [7, 11) is 1.57. The van der Waals surface area contributed by atoms with E-state index in [0.29, 0.717) is 11.3 Å². The van der Waals surface area contributed by atoms with E-state index < -0.39 is 0 Å². The number of hydrogen-bond acceptors (Lipinski definition) is 2. The lowest BCUT2D eigenvalue weighted by Gasteiger charge is -2.01. The molecule has 0 saturated carbocycles. The highest BCUT2D eigenvalue weighted by atomic mass is 16.1. The average Bonchev–Trinajstić information content (AvgIpc) is 2.48. The monoisotopic (exact) mass is 165 g/mol. The predicted molar refractivity (Wildman–Crippen MR) is 46.4 cm³/mol. The summed E-state index contributed by atoms with van der Waals surface area (Å²) in [6.45, 7) is 5.51. The van der Waals surface area contributed by atoms with Crippen molar-refractivity contribution in [1.82, 2.24) is 15.5 Å². The number of H-pyrrole nitrogens is 1. The van der Waals surface area contributed by atoms with Gasteiger partial charge in [0, 0.05) is 7.05 Å². The van der Waals surface area contributed by atoms with Crippen LogP contribution in [0.2, 0.25) is 0 Å². The van der Waals surface area contributed by atoms with Crippen LogP contribution in [-0.2, 0) is 4.79 Å². The minimum Gasteiger partial charge on any atom is -0.355 e. The Balaban J connectivity index is 2.93. The Morgan fingerprint density at radius 3 is 2.83 bits per heavy atom. The highest BCUT2D eigenvalue weighted by molar-refractivity contribution is 6.18. The van der Waals surface area contributed by atoms with Gasteiger partial charge in [-0.2, -0.15) is 5.10 Å². The fourth-order valence-corrected chi connectivity index (χ4v) is 0.916. The van der Waals surface area contributed by atoms with Gasteiger partial charge in [-0.15, -0.1) is 0 Å². The summed E-state index contributed by atoms with van der Waals surface area (Å²) in [5.74, 6) is -0.192. The summed E-state index contributed by atoms with van der Waals surface area (Å²) in [6, 6.07) is 0. The number of aromatic amines is 1. The van der Waals surface area contributed by atoms with E-state index >= 15 is 0 Å². The molecule has 0 radical (unpaired) electrons. The lowest BCUT2D eigenvalue weighted by Crippen LogP contribution is -2.19. The SMILES string of the molecule is C=C(C(=O)NC)c1[nH]ncc1C. The third-order valence-electron chi connectivity index (χ3n) is 1.63. The van der Waals surface area contributed by atoms with Crippen molar-refractivity contribution < 1.29 is 4.79 Å². The standard InChI is InChI=1S/C8H11N3O/c1-5-4-10-11-7(5)6(2)8(12)9-3/h4H,2H2,1,3H3,(H,9,12)(H,10,11). The molecule has 12 heavy (non-hydrogen) atoms. The number of nitrogens with one attached hydrogen (secondary N) is 2. The van der Waals surface area contributed by atoms with E-state index in [2.05, 4.69) is 22.1 Å². The van der Waals surface area contributed by atoms with Gasteiger partial charge >= 0.3 is 0 Å². The number of likely N-dealkylation sites (N-methyl/N-ethyl adjacent to an activating group) is 1. The molecule has 64 valence electrons. The summed E-state index contributed by atoms with van der Waals surface area (Å²) in [4.78, 5) is 11.1. The van der Waals surface area contributed by atoms with E-state index in [0.717, 1.165) is 5.56 Å². The molecule has 0 aliphatic carbocycles. The zero-order valence-electron chi connectivity index (χ0n) is 7.14. The number of carbonyl (C=O) groups excluding carboxylic acids is 1. The van der Waals surface area contributed by atoms with Crippen LogP contribution in [-0.4, -0.2) is 23.2 Å². The number of carbonyl (C=O) groups is 1. The molecule has 1 amide bonds. The first-order valence-corrected chi connectivity index (χ1v) is 3.58. The van der Waals surface area contributed by atoms with E-state index in [4.69, 9.17) is 0 Å². The maximum absolute atomic E-state index is 11.1. The molecule has 0 bridgehead atoms. The van der Waals surface area contributed by atoms with Crippen LogP contribution in [0.15, 0.2) is 12.8 Å². The predicted octanol–water partition coefficient (Wildman–Crippen LogP) is 0.477. The number of hydrogen-bond donors (Lipinski definition) is 2. The average molecular weight is 165 g/mol. The molecule has 1 heterocycles. The van der Waals surface area contributed by atoms with Gasteiger partial charge in [-0.3, -0.25) is 9.89 Å². The van der Waals surface area contributed by atoms with Gasteiger partial charge in [-0.05, 0) is 12.5 Å². The zero-order valence-corrected chi connectivity index (χ0v) is 7.14. The van der Waals surface area contributed by atoms with Crippen LogP contribution >= 0.6 is 0 Å². The summed E-state index contributed by atoms with van der Waals surface area (Å²) < 4.78 is 0. The Bertz CT molecular complexity index is 314. The van der Waals surface area contributed by atoms with Crippen LogP contribution in [0.5, 0.6) is 0 Å². The Hall–Kier alpha value is -1.58. The van der Waals surface area contributed by atoms with E-state index in [-0.39, 0.29) is 5.91 Å². The molecule has 2 N–H and O–H groups in total. The molecule has 1 aromatic heterocycles. The molecule has 0 aliphatic rings. The molecule has 0 aromatic carbocycles. The second kappa shape index (κ2) is 3.21. The smallest absolute Gasteiger partial charge is 0.252 e. The number of rotatable bonds is 2. The van der Waals surface area contributed by atoms with Crippen LogP contribution in [0.25, 0.3) is 5.57 Å². The summed E-state index contributed by atoms with van der Waals surface area (Å²) in [5.41, 5.74) is 2.02. The molecule has 0 unspecified atom stereocenters. The second-order valence-electron chi connectivity index (χ2n) is 2.49. The van der Waals surface area contributed by atoms with Crippen LogP contribution in [0.1, 0.15) is 11.3 Å². The fourth-order valence-electron chi connectivity index (χ4n) is 0.916. The highest BCUT2D eigenvalue weighted by Gasteiger charge is 2.10. The number of aromatic nitrogens is 2. The van der Waals surface area contributed by atoms with Crippen molar-refractivity contribution in [2.24, 2.45) is 0 Å². The highest BCUT2D eigenvalue weighted by Crippen LogP contribution is 2.12. The van der Waals surface area contributed by atoms with E-state index in [1.54, 1.807) is 13.2 Å². The molecule has 4 heteroatoms. The molecule has 4 nitrogen and oxygen atoms in total. The maximum atomic E-state index is 11.1. The van der Waals surface area contributed by atoms with Crippen molar-refractivity contribution in [3.63, 3.8) is 0 Å². The minimum absolute atomic E-state index is 0.192. The zero-order chi connectivity index (χ0) is 9.14. The van der Waals surface area contributed by atoms with Crippen LogP contribution in [0.4, 0.5) is 0 Å². The molecule has 0 aliphatic heterocycles. The molecule has 0 saturated heterocycles. The van der Waals surface area contributed by atoms with Crippen molar-refractivity contribution in [2.75, 3.05) is 7.05 Å². The molecule has 1 aromatic rings. The fraction of sp³-hybridized carbons (Fsp3) is 0.250. The van der Waals surface area contributed by atoms with Gasteiger partial charge in [-0.1, -0.05) is 6.58 Å². The largest absolute Gasteiger partial charge is 0.355 e. The Morgan fingerprint density at radius 2 is 2.42 bits per heavy atom. The number of amides is 1. The van der Waals surface area contributed by atoms with Gasteiger partial charge in [-0.25, -0.2) is 0 Å². The number of nitrogens with zero attached hydrogens (tertiary/aromatic N) is 1. The van der Waals surface area contributed by atoms with E-state index in [1.165, 1.54) is 0 Å². The van der Waals surface area contributed by atoms with Crippen molar-refractivity contribution >= 4 is 11.5 Å². The van der Waals surface area contributed by atoms with E-state index in [9.17, 15) is 4.79 Å². The van der Waals surface area contributed by atoms with Crippen LogP contribution < -0.4 is 5.32 Å². The number of aryl methyl sites for hydroxylation is 1.